The number of hydrogen-bond donors (Lipinski definition) is 0. The Kier molecular flexibility index (Phi) is 6.60. The van der Waals surface area contributed by atoms with Crippen LogP contribution in [0.2, 0.25) is 5.02 Å². The summed E-state index contributed by atoms with van der Waals surface area (Å²) in [6.45, 7) is 14.4. The molecule has 2 aromatic carbocycles. The van der Waals surface area contributed by atoms with Crippen LogP contribution < -0.4 is 14.4 Å². The molecule has 0 unspecified atom stereocenters. The summed E-state index contributed by atoms with van der Waals surface area (Å²) in [5.74, 6) is 1.56. The summed E-state index contributed by atoms with van der Waals surface area (Å²) in [7, 11) is 1.66. The zero-order valence-corrected chi connectivity index (χ0v) is 19.3. The Hall–Kier alpha value is -2.42. The second-order valence-electron chi connectivity index (χ2n) is 8.44. The van der Waals surface area contributed by atoms with E-state index >= 15 is 0 Å². The zero-order chi connectivity index (χ0) is 22.0. The Morgan fingerprint density at radius 3 is 2.71 bits per heavy atom. The summed E-state index contributed by atoms with van der Waals surface area (Å²) in [5, 5.41) is 0.650. The van der Waals surface area contributed by atoms with E-state index < -0.39 is 0 Å². The van der Waals surface area contributed by atoms with E-state index in [4.69, 9.17) is 27.6 Å². The number of hydrogen-bond acceptors (Lipinski definition) is 4. The largest absolute Gasteiger partial charge is 0.495 e. The van der Waals surface area contributed by atoms with Crippen molar-refractivity contribution in [1.82, 2.24) is 4.90 Å². The van der Waals surface area contributed by atoms with Gasteiger partial charge in [0.15, 0.2) is 0 Å². The van der Waals surface area contributed by atoms with Gasteiger partial charge in [-0.2, -0.15) is 0 Å². The molecule has 2 aliphatic heterocycles. The van der Waals surface area contributed by atoms with Gasteiger partial charge in [-0.25, -0.2) is 6.57 Å². The Bertz CT molecular complexity index is 987. The van der Waals surface area contributed by atoms with E-state index in [0.29, 0.717) is 17.1 Å². The molecule has 2 atom stereocenters. The molecule has 4 rings (SSSR count). The van der Waals surface area contributed by atoms with Crippen LogP contribution in [-0.2, 0) is 0 Å². The zero-order valence-electron chi connectivity index (χ0n) is 18.5. The SMILES string of the molecule is [C-]#[N+]COc1ccc([C@H]2CCC[C@H]3CN(c4ccc(Cl)c(OC)c4)CCN32)c(C)c1C. The predicted octanol–water partition coefficient (Wildman–Crippen LogP) is 5.64. The van der Waals surface area contributed by atoms with Crippen LogP contribution in [0.1, 0.15) is 42.0 Å². The van der Waals surface area contributed by atoms with Crippen LogP contribution in [-0.4, -0.2) is 44.4 Å². The number of rotatable bonds is 5. The number of piperazine rings is 1. The molecule has 2 saturated heterocycles. The Balaban J connectivity index is 1.53. The van der Waals surface area contributed by atoms with E-state index in [1.807, 2.05) is 18.2 Å². The Morgan fingerprint density at radius 2 is 1.94 bits per heavy atom. The first-order valence-corrected chi connectivity index (χ1v) is 11.3. The maximum Gasteiger partial charge on any atom is 0.357 e. The van der Waals surface area contributed by atoms with Crippen LogP contribution in [0.25, 0.3) is 4.85 Å². The van der Waals surface area contributed by atoms with Gasteiger partial charge in [0, 0.05) is 43.5 Å². The molecule has 0 N–H and O–H groups in total. The molecule has 164 valence electrons. The first kappa shape index (κ1) is 21.8. The third-order valence-corrected chi connectivity index (χ3v) is 7.18. The van der Waals surface area contributed by atoms with Crippen LogP contribution >= 0.6 is 11.6 Å². The highest BCUT2D eigenvalue weighted by atomic mass is 35.5. The lowest BCUT2D eigenvalue weighted by molar-refractivity contribution is 0.0712. The predicted molar refractivity (Wildman–Crippen MR) is 125 cm³/mol. The molecule has 0 saturated carbocycles. The van der Waals surface area contributed by atoms with Crippen LogP contribution in [0.4, 0.5) is 5.69 Å². The highest BCUT2D eigenvalue weighted by Gasteiger charge is 2.36. The van der Waals surface area contributed by atoms with Crippen LogP contribution in [0.15, 0.2) is 30.3 Å². The molecule has 0 spiro atoms. The molecule has 0 radical (unpaired) electrons. The average molecular weight is 440 g/mol. The van der Waals surface area contributed by atoms with E-state index in [1.165, 1.54) is 36.1 Å². The molecule has 2 aliphatic rings. The first-order valence-electron chi connectivity index (χ1n) is 10.9. The molecule has 31 heavy (non-hydrogen) atoms. The van der Waals surface area contributed by atoms with E-state index in [1.54, 1.807) is 7.11 Å². The molecule has 0 amide bonds. The number of anilines is 1. The second-order valence-corrected chi connectivity index (χ2v) is 8.84. The molecule has 5 nitrogen and oxygen atoms in total. The molecular formula is C25H30ClN3O2. The fourth-order valence-corrected chi connectivity index (χ4v) is 5.29. The van der Waals surface area contributed by atoms with Crippen molar-refractivity contribution in [3.8, 4) is 11.5 Å². The lowest BCUT2D eigenvalue weighted by Gasteiger charge is -2.49. The number of benzene rings is 2. The number of ether oxygens (including phenoxy) is 2. The van der Waals surface area contributed by atoms with Crippen molar-refractivity contribution in [2.75, 3.05) is 38.4 Å². The standard InChI is InChI=1S/C25H30ClN3O2/c1-17-18(2)24(31-16-27-3)11-9-21(17)23-7-5-6-20-15-28(12-13-29(20)23)19-8-10-22(26)25(14-19)30-4/h8-11,14,20,23H,5-7,12-13,15-16H2,1-2,4H3/t20-,23+/m0/s1. The van der Waals surface area contributed by atoms with Gasteiger partial charge in [-0.05, 0) is 68.0 Å². The quantitative estimate of drug-likeness (QED) is 0.564. The van der Waals surface area contributed by atoms with E-state index in [0.717, 1.165) is 36.7 Å². The van der Waals surface area contributed by atoms with Gasteiger partial charge in [0.05, 0.1) is 12.1 Å². The lowest BCUT2D eigenvalue weighted by Crippen LogP contribution is -2.56. The van der Waals surface area contributed by atoms with Crippen LogP contribution in [0, 0.1) is 20.4 Å². The second kappa shape index (κ2) is 9.38. The van der Waals surface area contributed by atoms with Gasteiger partial charge in [-0.3, -0.25) is 9.74 Å². The maximum atomic E-state index is 6.97. The summed E-state index contributed by atoms with van der Waals surface area (Å²) < 4.78 is 11.0. The van der Waals surface area contributed by atoms with Crippen LogP contribution in [0.3, 0.4) is 0 Å². The normalized spacial score (nSPS) is 21.3. The van der Waals surface area contributed by atoms with Gasteiger partial charge < -0.3 is 14.4 Å². The van der Waals surface area contributed by atoms with E-state index in [-0.39, 0.29) is 6.73 Å². The number of nitrogens with zero attached hydrogens (tertiary/aromatic N) is 3. The van der Waals surface area contributed by atoms with Gasteiger partial charge in [0.2, 0.25) is 0 Å². The maximum absolute atomic E-state index is 6.97. The lowest BCUT2D eigenvalue weighted by atomic mass is 9.86. The summed E-state index contributed by atoms with van der Waals surface area (Å²) in [4.78, 5) is 8.48. The molecule has 6 heteroatoms. The molecule has 2 aromatic rings. The van der Waals surface area contributed by atoms with Crippen molar-refractivity contribution in [1.29, 1.82) is 0 Å². The van der Waals surface area contributed by atoms with Gasteiger partial charge in [0.25, 0.3) is 0 Å². The van der Waals surface area contributed by atoms with Crippen molar-refractivity contribution in [2.24, 2.45) is 0 Å². The van der Waals surface area contributed by atoms with E-state index in [9.17, 15) is 0 Å². The average Bonchev–Trinajstić information content (AvgIpc) is 2.80. The smallest absolute Gasteiger partial charge is 0.357 e. The summed E-state index contributed by atoms with van der Waals surface area (Å²) in [5.41, 5.74) is 5.02. The molecule has 0 aromatic heterocycles. The third kappa shape index (κ3) is 4.33. The monoisotopic (exact) mass is 439 g/mol. The minimum Gasteiger partial charge on any atom is -0.495 e. The highest BCUT2D eigenvalue weighted by molar-refractivity contribution is 6.32. The van der Waals surface area contributed by atoms with Crippen LogP contribution in [0.5, 0.6) is 11.5 Å². The van der Waals surface area contributed by atoms with Gasteiger partial charge in [-0.15, -0.1) is 0 Å². The fourth-order valence-electron chi connectivity index (χ4n) is 5.10. The van der Waals surface area contributed by atoms with Gasteiger partial charge in [0.1, 0.15) is 11.5 Å². The molecular weight excluding hydrogens is 410 g/mol. The first-order chi connectivity index (χ1) is 15.0. The van der Waals surface area contributed by atoms with Crippen molar-refractivity contribution in [2.45, 2.75) is 45.2 Å². The van der Waals surface area contributed by atoms with Gasteiger partial charge >= 0.3 is 6.73 Å². The van der Waals surface area contributed by atoms with E-state index in [2.05, 4.69) is 40.6 Å². The minimum atomic E-state index is 0.0720. The summed E-state index contributed by atoms with van der Waals surface area (Å²) >= 11 is 6.22. The molecule has 0 bridgehead atoms. The number of piperidine rings is 1. The van der Waals surface area contributed by atoms with Crippen molar-refractivity contribution < 1.29 is 9.47 Å². The minimum absolute atomic E-state index is 0.0720. The summed E-state index contributed by atoms with van der Waals surface area (Å²) in [6.07, 6.45) is 3.65. The van der Waals surface area contributed by atoms with Gasteiger partial charge in [-0.1, -0.05) is 17.7 Å². The number of fused-ring (bicyclic) bond motifs is 1. The van der Waals surface area contributed by atoms with Crippen molar-refractivity contribution in [3.05, 3.63) is 63.5 Å². The fraction of sp³-hybridized carbons (Fsp3) is 0.480. The molecule has 2 fully saturated rings. The summed E-state index contributed by atoms with van der Waals surface area (Å²) in [6, 6.07) is 11.3. The van der Waals surface area contributed by atoms with Crippen molar-refractivity contribution >= 4 is 17.3 Å². The Morgan fingerprint density at radius 1 is 1.10 bits per heavy atom. The third-order valence-electron chi connectivity index (χ3n) is 6.87. The number of halogens is 1. The highest BCUT2D eigenvalue weighted by Crippen LogP contribution is 2.40. The molecule has 0 aliphatic carbocycles. The number of methoxy groups -OCH3 is 1. The molecule has 2 heterocycles. The Labute approximate surface area is 190 Å². The topological polar surface area (TPSA) is 29.3 Å². The van der Waals surface area contributed by atoms with Crippen molar-refractivity contribution in [3.63, 3.8) is 0 Å².